The molecule has 1 heterocycles. The van der Waals surface area contributed by atoms with Gasteiger partial charge in [-0.25, -0.2) is 0 Å². The molecule has 0 spiro atoms. The Morgan fingerprint density at radius 2 is 1.95 bits per heavy atom. The molecule has 19 heavy (non-hydrogen) atoms. The SMILES string of the molecule is Cc1nn(CC(=O)c2cc(Cl)ccc2Cl)c(C)c1Cl. The number of carbonyl (C=O) groups excluding carboxylic acids is 1. The summed E-state index contributed by atoms with van der Waals surface area (Å²) in [5.41, 5.74) is 1.84. The summed E-state index contributed by atoms with van der Waals surface area (Å²) in [6.45, 7) is 3.69. The first-order valence-electron chi connectivity index (χ1n) is 5.58. The summed E-state index contributed by atoms with van der Waals surface area (Å²) in [5.74, 6) is -0.158. The molecule has 1 aromatic heterocycles. The highest BCUT2D eigenvalue weighted by Crippen LogP contribution is 2.23. The molecule has 0 unspecified atom stereocenters. The van der Waals surface area contributed by atoms with Crippen LogP contribution >= 0.6 is 34.8 Å². The monoisotopic (exact) mass is 316 g/mol. The normalized spacial score (nSPS) is 10.8. The molecule has 0 amide bonds. The van der Waals surface area contributed by atoms with Gasteiger partial charge in [0.15, 0.2) is 5.78 Å². The molecule has 1 aromatic carbocycles. The van der Waals surface area contributed by atoms with Crippen LogP contribution in [0.3, 0.4) is 0 Å². The molecule has 0 saturated carbocycles. The number of carbonyl (C=O) groups is 1. The van der Waals surface area contributed by atoms with E-state index in [2.05, 4.69) is 5.10 Å². The van der Waals surface area contributed by atoms with Crippen molar-refractivity contribution in [2.24, 2.45) is 0 Å². The number of aromatic nitrogens is 2. The topological polar surface area (TPSA) is 34.9 Å². The van der Waals surface area contributed by atoms with Crippen LogP contribution in [0, 0.1) is 13.8 Å². The van der Waals surface area contributed by atoms with Crippen LogP contribution in [0.5, 0.6) is 0 Å². The first kappa shape index (κ1) is 14.4. The average molecular weight is 318 g/mol. The number of nitrogens with zero attached hydrogens (tertiary/aromatic N) is 2. The number of hydrogen-bond acceptors (Lipinski definition) is 2. The maximum atomic E-state index is 12.2. The van der Waals surface area contributed by atoms with E-state index in [-0.39, 0.29) is 12.3 Å². The van der Waals surface area contributed by atoms with Crippen molar-refractivity contribution in [3.63, 3.8) is 0 Å². The zero-order valence-corrected chi connectivity index (χ0v) is 12.6. The summed E-state index contributed by atoms with van der Waals surface area (Å²) in [7, 11) is 0. The predicted octanol–water partition coefficient (Wildman–Crippen LogP) is 4.34. The molecule has 0 atom stereocenters. The van der Waals surface area contributed by atoms with E-state index >= 15 is 0 Å². The van der Waals surface area contributed by atoms with Crippen LogP contribution in [-0.4, -0.2) is 15.6 Å². The van der Waals surface area contributed by atoms with Crippen LogP contribution in [0.25, 0.3) is 0 Å². The van der Waals surface area contributed by atoms with E-state index in [4.69, 9.17) is 34.8 Å². The van der Waals surface area contributed by atoms with Gasteiger partial charge in [-0.2, -0.15) is 5.10 Å². The fourth-order valence-corrected chi connectivity index (χ4v) is 2.29. The molecule has 3 nitrogen and oxygen atoms in total. The van der Waals surface area contributed by atoms with Gasteiger partial charge in [0.1, 0.15) is 6.54 Å². The summed E-state index contributed by atoms with van der Waals surface area (Å²) in [4.78, 5) is 12.2. The maximum Gasteiger partial charge on any atom is 0.185 e. The quantitative estimate of drug-likeness (QED) is 0.789. The lowest BCUT2D eigenvalue weighted by atomic mass is 10.1. The molecule has 6 heteroatoms. The van der Waals surface area contributed by atoms with Crippen LogP contribution in [0.4, 0.5) is 0 Å². The largest absolute Gasteiger partial charge is 0.292 e. The van der Waals surface area contributed by atoms with E-state index in [9.17, 15) is 4.79 Å². The van der Waals surface area contributed by atoms with Crippen molar-refractivity contribution in [2.75, 3.05) is 0 Å². The van der Waals surface area contributed by atoms with Crippen molar-refractivity contribution in [3.05, 3.63) is 50.2 Å². The average Bonchev–Trinajstić information content (AvgIpc) is 2.60. The number of rotatable bonds is 3. The van der Waals surface area contributed by atoms with Gasteiger partial charge in [-0.3, -0.25) is 9.48 Å². The lowest BCUT2D eigenvalue weighted by molar-refractivity contribution is 0.0967. The minimum absolute atomic E-state index is 0.0828. The number of halogens is 3. The van der Waals surface area contributed by atoms with E-state index in [0.29, 0.717) is 26.3 Å². The summed E-state index contributed by atoms with van der Waals surface area (Å²) in [6.07, 6.45) is 0. The molecule has 0 N–H and O–H groups in total. The summed E-state index contributed by atoms with van der Waals surface area (Å²) in [5, 5.41) is 5.64. The smallest absolute Gasteiger partial charge is 0.185 e. The number of Topliss-reactive ketones (excluding diaryl/α,β-unsaturated/α-hetero) is 1. The van der Waals surface area contributed by atoms with Gasteiger partial charge in [-0.15, -0.1) is 0 Å². The van der Waals surface area contributed by atoms with Gasteiger partial charge in [0.25, 0.3) is 0 Å². The molecule has 0 aliphatic rings. The van der Waals surface area contributed by atoms with Crippen molar-refractivity contribution in [2.45, 2.75) is 20.4 Å². The molecule has 0 aliphatic carbocycles. The maximum absolute atomic E-state index is 12.2. The van der Waals surface area contributed by atoms with E-state index in [1.54, 1.807) is 29.8 Å². The van der Waals surface area contributed by atoms with Crippen molar-refractivity contribution < 1.29 is 4.79 Å². The van der Waals surface area contributed by atoms with Gasteiger partial charge in [0.2, 0.25) is 0 Å². The highest BCUT2D eigenvalue weighted by atomic mass is 35.5. The highest BCUT2D eigenvalue weighted by Gasteiger charge is 2.15. The Kier molecular flexibility index (Phi) is 4.19. The molecule has 0 radical (unpaired) electrons. The van der Waals surface area contributed by atoms with Crippen LogP contribution in [0.2, 0.25) is 15.1 Å². The first-order valence-corrected chi connectivity index (χ1v) is 6.71. The highest BCUT2D eigenvalue weighted by molar-refractivity contribution is 6.36. The molecule has 0 bridgehead atoms. The van der Waals surface area contributed by atoms with E-state index in [1.807, 2.05) is 6.92 Å². The van der Waals surface area contributed by atoms with Crippen LogP contribution in [0.1, 0.15) is 21.7 Å². The number of aryl methyl sites for hydroxylation is 1. The second-order valence-corrected chi connectivity index (χ2v) is 5.41. The molecular formula is C13H11Cl3N2O. The van der Waals surface area contributed by atoms with Gasteiger partial charge in [-0.05, 0) is 32.0 Å². The Morgan fingerprint density at radius 3 is 2.53 bits per heavy atom. The van der Waals surface area contributed by atoms with Gasteiger partial charge < -0.3 is 0 Å². The fourth-order valence-electron chi connectivity index (χ4n) is 1.76. The lowest BCUT2D eigenvalue weighted by Crippen LogP contribution is -2.13. The van der Waals surface area contributed by atoms with Crippen molar-refractivity contribution in [1.29, 1.82) is 0 Å². The van der Waals surface area contributed by atoms with Gasteiger partial charge in [0, 0.05) is 10.6 Å². The van der Waals surface area contributed by atoms with Gasteiger partial charge >= 0.3 is 0 Å². The van der Waals surface area contributed by atoms with E-state index in [0.717, 1.165) is 5.69 Å². The minimum Gasteiger partial charge on any atom is -0.292 e. The Hall–Kier alpha value is -1.03. The molecule has 100 valence electrons. The second-order valence-electron chi connectivity index (χ2n) is 4.19. The summed E-state index contributed by atoms with van der Waals surface area (Å²) < 4.78 is 1.57. The Balaban J connectivity index is 2.30. The van der Waals surface area contributed by atoms with Crippen molar-refractivity contribution in [1.82, 2.24) is 9.78 Å². The number of hydrogen-bond donors (Lipinski definition) is 0. The third kappa shape index (κ3) is 2.94. The lowest BCUT2D eigenvalue weighted by Gasteiger charge is -2.06. The van der Waals surface area contributed by atoms with Gasteiger partial charge in [0.05, 0.1) is 21.4 Å². The summed E-state index contributed by atoms with van der Waals surface area (Å²) in [6, 6.07) is 4.80. The first-order chi connectivity index (χ1) is 8.90. The van der Waals surface area contributed by atoms with Crippen molar-refractivity contribution in [3.8, 4) is 0 Å². The van der Waals surface area contributed by atoms with Crippen LogP contribution in [0.15, 0.2) is 18.2 Å². The van der Waals surface area contributed by atoms with Crippen LogP contribution in [-0.2, 0) is 6.54 Å². The van der Waals surface area contributed by atoms with E-state index in [1.165, 1.54) is 0 Å². The molecule has 2 aromatic rings. The Morgan fingerprint density at radius 1 is 1.26 bits per heavy atom. The molecule has 0 saturated heterocycles. The standard InChI is InChI=1S/C13H11Cl3N2O/c1-7-13(16)8(2)18(17-7)6-12(19)10-5-9(14)3-4-11(10)15/h3-5H,6H2,1-2H3. The molecule has 0 aliphatic heterocycles. The zero-order chi connectivity index (χ0) is 14.2. The van der Waals surface area contributed by atoms with Crippen LogP contribution < -0.4 is 0 Å². The van der Waals surface area contributed by atoms with Gasteiger partial charge in [-0.1, -0.05) is 34.8 Å². The zero-order valence-electron chi connectivity index (χ0n) is 10.4. The third-order valence-corrected chi connectivity index (χ3v) is 3.93. The fraction of sp³-hybridized carbons (Fsp3) is 0.231. The molecular weight excluding hydrogens is 307 g/mol. The number of ketones is 1. The predicted molar refractivity (Wildman–Crippen MR) is 77.5 cm³/mol. The molecule has 2 rings (SSSR count). The Bertz CT molecular complexity index is 650. The van der Waals surface area contributed by atoms with E-state index < -0.39 is 0 Å². The van der Waals surface area contributed by atoms with Crippen molar-refractivity contribution >= 4 is 40.6 Å². The Labute approximate surface area is 126 Å². The third-order valence-electron chi connectivity index (χ3n) is 2.82. The summed E-state index contributed by atoms with van der Waals surface area (Å²) >= 11 is 17.9. The second kappa shape index (κ2) is 5.53. The number of benzene rings is 1. The minimum atomic E-state index is -0.158. The molecule has 0 fully saturated rings.